The Labute approximate surface area is 231 Å². The van der Waals surface area contributed by atoms with Gasteiger partial charge < -0.3 is 10.0 Å². The fourth-order valence-corrected chi connectivity index (χ4v) is 5.38. The standard InChI is InChI=1S/C34H26N2O4/c37-31(38)15-8-22-35-33(39)29-14-7-13-28-27(20-21-30(32(28)29)34(35)40)23-16-18-26(19-17-23)36(24-9-3-1-4-10-24)25-11-5-2-6-12-25/h1-7,9-14,16-21H,8,15,22H2,(H,37,38). The SMILES string of the molecule is O=C(O)CCCN1C(=O)c2cccc3c(-c4ccc(N(c5ccccc5)c5ccccc5)cc4)ccc(c23)C1=O. The average molecular weight is 527 g/mol. The second-order valence-corrected chi connectivity index (χ2v) is 9.70. The van der Waals surface area contributed by atoms with Crippen LogP contribution >= 0.6 is 0 Å². The van der Waals surface area contributed by atoms with Crippen LogP contribution < -0.4 is 4.90 Å². The van der Waals surface area contributed by atoms with E-state index in [1.807, 2.05) is 54.6 Å². The number of hydrogen-bond donors (Lipinski definition) is 1. The normalized spacial score (nSPS) is 12.6. The van der Waals surface area contributed by atoms with Gasteiger partial charge in [0.1, 0.15) is 0 Å². The number of benzene rings is 5. The lowest BCUT2D eigenvalue weighted by Gasteiger charge is -2.28. The third-order valence-corrected chi connectivity index (χ3v) is 7.23. The van der Waals surface area contributed by atoms with Crippen molar-refractivity contribution >= 4 is 45.6 Å². The third kappa shape index (κ3) is 4.50. The Kier molecular flexibility index (Phi) is 6.58. The minimum Gasteiger partial charge on any atom is -0.481 e. The molecule has 1 heterocycles. The van der Waals surface area contributed by atoms with Gasteiger partial charge in [0.05, 0.1) is 0 Å². The molecule has 0 aliphatic carbocycles. The van der Waals surface area contributed by atoms with Crippen LogP contribution in [0, 0.1) is 0 Å². The number of carbonyl (C=O) groups excluding carboxylic acids is 2. The number of hydrogen-bond acceptors (Lipinski definition) is 4. The van der Waals surface area contributed by atoms with Gasteiger partial charge in [-0.25, -0.2) is 0 Å². The van der Waals surface area contributed by atoms with E-state index in [2.05, 4.69) is 53.4 Å². The van der Waals surface area contributed by atoms with Crippen molar-refractivity contribution in [2.75, 3.05) is 11.4 Å². The van der Waals surface area contributed by atoms with E-state index in [1.54, 1.807) is 12.1 Å². The molecule has 5 aromatic rings. The number of para-hydroxylation sites is 2. The highest BCUT2D eigenvalue weighted by Gasteiger charge is 2.33. The first-order valence-electron chi connectivity index (χ1n) is 13.2. The third-order valence-electron chi connectivity index (χ3n) is 7.23. The molecule has 0 atom stereocenters. The van der Waals surface area contributed by atoms with Gasteiger partial charge in [0, 0.05) is 46.5 Å². The van der Waals surface area contributed by atoms with Gasteiger partial charge in [0.15, 0.2) is 0 Å². The van der Waals surface area contributed by atoms with E-state index in [0.717, 1.165) is 38.5 Å². The molecule has 0 saturated heterocycles. The molecule has 0 saturated carbocycles. The van der Waals surface area contributed by atoms with E-state index in [0.29, 0.717) is 16.5 Å². The van der Waals surface area contributed by atoms with E-state index in [4.69, 9.17) is 5.11 Å². The minimum atomic E-state index is -0.953. The maximum atomic E-state index is 13.3. The molecule has 1 aliphatic heterocycles. The first-order valence-corrected chi connectivity index (χ1v) is 13.2. The van der Waals surface area contributed by atoms with Crippen LogP contribution in [0.4, 0.5) is 17.1 Å². The molecule has 5 aromatic carbocycles. The fourth-order valence-electron chi connectivity index (χ4n) is 5.38. The van der Waals surface area contributed by atoms with Crippen molar-refractivity contribution in [1.29, 1.82) is 0 Å². The van der Waals surface area contributed by atoms with Crippen LogP contribution in [-0.4, -0.2) is 34.3 Å². The molecule has 0 bridgehead atoms. The monoisotopic (exact) mass is 526 g/mol. The number of carboxylic acids is 1. The van der Waals surface area contributed by atoms with Crippen molar-refractivity contribution in [3.63, 3.8) is 0 Å². The van der Waals surface area contributed by atoms with E-state index >= 15 is 0 Å². The Morgan fingerprint density at radius 1 is 0.625 bits per heavy atom. The Morgan fingerprint density at radius 2 is 1.18 bits per heavy atom. The summed E-state index contributed by atoms with van der Waals surface area (Å²) in [7, 11) is 0. The Hall–Kier alpha value is -5.23. The largest absolute Gasteiger partial charge is 0.481 e. The highest BCUT2D eigenvalue weighted by Crippen LogP contribution is 2.39. The highest BCUT2D eigenvalue weighted by atomic mass is 16.4. The predicted molar refractivity (Wildman–Crippen MR) is 156 cm³/mol. The van der Waals surface area contributed by atoms with Gasteiger partial charge in [-0.15, -0.1) is 0 Å². The van der Waals surface area contributed by atoms with Gasteiger partial charge >= 0.3 is 5.97 Å². The number of nitrogens with zero attached hydrogens (tertiary/aromatic N) is 2. The average Bonchev–Trinajstić information content (AvgIpc) is 2.99. The van der Waals surface area contributed by atoms with Crippen LogP contribution in [0.25, 0.3) is 21.9 Å². The number of imide groups is 1. The van der Waals surface area contributed by atoms with Crippen molar-refractivity contribution in [3.05, 3.63) is 126 Å². The van der Waals surface area contributed by atoms with Crippen LogP contribution in [-0.2, 0) is 4.79 Å². The molecule has 6 heteroatoms. The minimum absolute atomic E-state index is 0.0718. The summed E-state index contributed by atoms with van der Waals surface area (Å²) in [6.45, 7) is 0.0718. The maximum Gasteiger partial charge on any atom is 0.303 e. The zero-order valence-electron chi connectivity index (χ0n) is 21.7. The molecule has 6 rings (SSSR count). The lowest BCUT2D eigenvalue weighted by atomic mass is 9.89. The molecular formula is C34H26N2O4. The molecule has 0 aromatic heterocycles. The smallest absolute Gasteiger partial charge is 0.303 e. The van der Waals surface area contributed by atoms with Gasteiger partial charge in [-0.05, 0) is 71.5 Å². The summed E-state index contributed by atoms with van der Waals surface area (Å²) >= 11 is 0. The quantitative estimate of drug-likeness (QED) is 0.213. The molecule has 0 unspecified atom stereocenters. The summed E-state index contributed by atoms with van der Waals surface area (Å²) in [6.07, 6.45) is 0.112. The number of amides is 2. The summed E-state index contributed by atoms with van der Waals surface area (Å²) in [5, 5.41) is 10.4. The summed E-state index contributed by atoms with van der Waals surface area (Å²) in [5.74, 6) is -1.73. The number of carboxylic acid groups (broad SMARTS) is 1. The Bertz CT molecular complexity index is 1670. The number of carbonyl (C=O) groups is 3. The fraction of sp³-hybridized carbons (Fsp3) is 0.0882. The van der Waals surface area contributed by atoms with Crippen LogP contribution in [0.5, 0.6) is 0 Å². The predicted octanol–water partition coefficient (Wildman–Crippen LogP) is 7.44. The molecule has 0 fully saturated rings. The zero-order valence-corrected chi connectivity index (χ0v) is 21.7. The second kappa shape index (κ2) is 10.5. The van der Waals surface area contributed by atoms with Gasteiger partial charge in [-0.1, -0.05) is 66.7 Å². The van der Waals surface area contributed by atoms with Crippen LogP contribution in [0.1, 0.15) is 33.6 Å². The Balaban J connectivity index is 1.38. The lowest BCUT2D eigenvalue weighted by molar-refractivity contribution is -0.137. The molecule has 2 amide bonds. The molecule has 6 nitrogen and oxygen atoms in total. The van der Waals surface area contributed by atoms with Crippen molar-refractivity contribution in [3.8, 4) is 11.1 Å². The highest BCUT2D eigenvalue weighted by molar-refractivity contribution is 6.27. The zero-order chi connectivity index (χ0) is 27.6. The molecule has 40 heavy (non-hydrogen) atoms. The Morgan fingerprint density at radius 3 is 1.77 bits per heavy atom. The van der Waals surface area contributed by atoms with Crippen molar-refractivity contribution in [1.82, 2.24) is 4.90 Å². The molecule has 1 N–H and O–H groups in total. The van der Waals surface area contributed by atoms with E-state index in [9.17, 15) is 14.4 Å². The molecule has 196 valence electrons. The van der Waals surface area contributed by atoms with E-state index in [1.165, 1.54) is 0 Å². The molecule has 0 radical (unpaired) electrons. The van der Waals surface area contributed by atoms with E-state index < -0.39 is 5.97 Å². The van der Waals surface area contributed by atoms with Gasteiger partial charge in [0.25, 0.3) is 11.8 Å². The van der Waals surface area contributed by atoms with Crippen molar-refractivity contribution < 1.29 is 19.5 Å². The van der Waals surface area contributed by atoms with Crippen molar-refractivity contribution in [2.45, 2.75) is 12.8 Å². The molecule has 0 spiro atoms. The topological polar surface area (TPSA) is 77.9 Å². The van der Waals surface area contributed by atoms with E-state index in [-0.39, 0.29) is 31.2 Å². The van der Waals surface area contributed by atoms with Gasteiger partial charge in [-0.3, -0.25) is 19.3 Å². The summed E-state index contributed by atoms with van der Waals surface area (Å²) in [4.78, 5) is 40.9. The summed E-state index contributed by atoms with van der Waals surface area (Å²) < 4.78 is 0. The number of aliphatic carboxylic acids is 1. The lowest BCUT2D eigenvalue weighted by Crippen LogP contribution is -2.41. The van der Waals surface area contributed by atoms with Crippen molar-refractivity contribution in [2.24, 2.45) is 0 Å². The maximum absolute atomic E-state index is 13.3. The van der Waals surface area contributed by atoms with Crippen LogP contribution in [0.2, 0.25) is 0 Å². The molecular weight excluding hydrogens is 500 g/mol. The number of rotatable bonds is 8. The second-order valence-electron chi connectivity index (χ2n) is 9.70. The van der Waals surface area contributed by atoms with Gasteiger partial charge in [0.2, 0.25) is 0 Å². The van der Waals surface area contributed by atoms with Gasteiger partial charge in [-0.2, -0.15) is 0 Å². The molecule has 1 aliphatic rings. The van der Waals surface area contributed by atoms with Crippen LogP contribution in [0.15, 0.2) is 115 Å². The first kappa shape index (κ1) is 25.1. The summed E-state index contributed by atoms with van der Waals surface area (Å²) in [5.41, 5.74) is 5.92. The first-order chi connectivity index (χ1) is 19.5. The summed E-state index contributed by atoms with van der Waals surface area (Å²) in [6, 6.07) is 37.8. The van der Waals surface area contributed by atoms with Crippen LogP contribution in [0.3, 0.4) is 0 Å². The number of anilines is 3.